The Kier molecular flexibility index (Phi) is 13.5. The third-order valence-electron chi connectivity index (χ3n) is 8.33. The molecule has 3 atom stereocenters. The quantitative estimate of drug-likeness (QED) is 0.203. The van der Waals surface area contributed by atoms with Crippen LogP contribution < -0.4 is 0 Å². The highest BCUT2D eigenvalue weighted by Gasteiger charge is 2.34. The molecule has 2 nitrogen and oxygen atoms in total. The van der Waals surface area contributed by atoms with Gasteiger partial charge in [-0.25, -0.2) is 0 Å². The Labute approximate surface area is 257 Å². The first kappa shape index (κ1) is 35.3. The van der Waals surface area contributed by atoms with Gasteiger partial charge in [0.2, 0.25) is 0 Å². The topological polar surface area (TPSA) is 40.5 Å². The average Bonchev–Trinajstić information content (AvgIpc) is 2.84. The summed E-state index contributed by atoms with van der Waals surface area (Å²) in [5.74, 6) is 0.348. The zero-order valence-electron chi connectivity index (χ0n) is 27.9. The third kappa shape index (κ3) is 11.7. The molecule has 0 bridgehead atoms. The van der Waals surface area contributed by atoms with Crippen LogP contribution in [0.3, 0.4) is 0 Å². The third-order valence-corrected chi connectivity index (χ3v) is 8.33. The van der Waals surface area contributed by atoms with E-state index in [1.54, 1.807) is 0 Å². The van der Waals surface area contributed by atoms with Crippen molar-refractivity contribution in [3.8, 4) is 0 Å². The molecule has 2 N–H and O–H groups in total. The molecule has 0 aromatic rings. The van der Waals surface area contributed by atoms with Gasteiger partial charge in [-0.1, -0.05) is 152 Å². The van der Waals surface area contributed by atoms with Crippen LogP contribution in [0, 0.1) is 16.7 Å². The van der Waals surface area contributed by atoms with Gasteiger partial charge in [-0.15, -0.1) is 0 Å². The number of allylic oxidation sites excluding steroid dienone is 20. The Morgan fingerprint density at radius 3 is 1.74 bits per heavy atom. The lowest BCUT2D eigenvalue weighted by molar-refractivity contribution is 0.116. The molecule has 2 heteroatoms. The predicted molar refractivity (Wildman–Crippen MR) is 184 cm³/mol. The van der Waals surface area contributed by atoms with Gasteiger partial charge >= 0.3 is 0 Å². The molecule has 0 heterocycles. The van der Waals surface area contributed by atoms with Crippen molar-refractivity contribution in [2.24, 2.45) is 16.7 Å². The lowest BCUT2D eigenvalue weighted by Gasteiger charge is -2.38. The summed E-state index contributed by atoms with van der Waals surface area (Å²) in [7, 11) is 0. The van der Waals surface area contributed by atoms with Crippen molar-refractivity contribution in [2.75, 3.05) is 0 Å². The summed E-state index contributed by atoms with van der Waals surface area (Å²) in [5.41, 5.74) is 8.73. The van der Waals surface area contributed by atoms with E-state index in [0.717, 1.165) is 19.3 Å². The summed E-state index contributed by atoms with van der Waals surface area (Å²) in [6, 6.07) is 0. The van der Waals surface area contributed by atoms with E-state index in [-0.39, 0.29) is 23.0 Å². The molecule has 42 heavy (non-hydrogen) atoms. The zero-order valence-corrected chi connectivity index (χ0v) is 27.9. The van der Waals surface area contributed by atoms with E-state index in [9.17, 15) is 10.2 Å². The molecular weight excluding hydrogens is 512 g/mol. The molecule has 2 aliphatic rings. The van der Waals surface area contributed by atoms with E-state index in [4.69, 9.17) is 0 Å². The van der Waals surface area contributed by atoms with Crippen LogP contribution in [0.25, 0.3) is 0 Å². The van der Waals surface area contributed by atoms with Gasteiger partial charge in [-0.05, 0) is 77.2 Å². The minimum absolute atomic E-state index is 0.00528. The second-order valence-electron chi connectivity index (χ2n) is 13.7. The van der Waals surface area contributed by atoms with Crippen molar-refractivity contribution in [2.45, 2.75) is 101 Å². The van der Waals surface area contributed by atoms with E-state index >= 15 is 0 Å². The molecule has 0 aromatic carbocycles. The first-order valence-corrected chi connectivity index (χ1v) is 15.4. The summed E-state index contributed by atoms with van der Waals surface area (Å²) in [6.45, 7) is 21.6. The molecule has 2 aliphatic carbocycles. The van der Waals surface area contributed by atoms with Crippen molar-refractivity contribution >= 4 is 0 Å². The lowest BCUT2D eigenvalue weighted by atomic mass is 9.67. The summed E-state index contributed by atoms with van der Waals surface area (Å²) in [6.07, 6.45) is 33.8. The van der Waals surface area contributed by atoms with Gasteiger partial charge in [0.05, 0.1) is 12.2 Å². The second kappa shape index (κ2) is 16.1. The van der Waals surface area contributed by atoms with Gasteiger partial charge in [0.15, 0.2) is 0 Å². The maximum absolute atomic E-state index is 10.1. The minimum Gasteiger partial charge on any atom is -0.393 e. The highest BCUT2D eigenvalue weighted by Crippen LogP contribution is 2.42. The van der Waals surface area contributed by atoms with Crippen LogP contribution in [-0.2, 0) is 0 Å². The number of rotatable bonds is 10. The molecule has 0 spiro atoms. The summed E-state index contributed by atoms with van der Waals surface area (Å²) in [5, 5.41) is 20.2. The van der Waals surface area contributed by atoms with Gasteiger partial charge < -0.3 is 10.2 Å². The van der Waals surface area contributed by atoms with Crippen LogP contribution in [0.2, 0.25) is 0 Å². The maximum Gasteiger partial charge on any atom is 0.0729 e. The van der Waals surface area contributed by atoms with E-state index in [0.29, 0.717) is 5.92 Å². The highest BCUT2D eigenvalue weighted by atomic mass is 16.3. The van der Waals surface area contributed by atoms with Crippen molar-refractivity contribution in [1.29, 1.82) is 0 Å². The smallest absolute Gasteiger partial charge is 0.0729 e. The van der Waals surface area contributed by atoms with Crippen LogP contribution in [0.15, 0.2) is 130 Å². The predicted octanol–water partition coefficient (Wildman–Crippen LogP) is 10.4. The molecule has 0 saturated heterocycles. The van der Waals surface area contributed by atoms with Crippen LogP contribution in [-0.4, -0.2) is 22.4 Å². The van der Waals surface area contributed by atoms with E-state index in [1.807, 2.05) is 6.08 Å². The molecule has 0 amide bonds. The zero-order chi connectivity index (χ0) is 31.5. The number of hydrogen-bond donors (Lipinski definition) is 2. The lowest BCUT2D eigenvalue weighted by Crippen LogP contribution is -2.32. The summed E-state index contributed by atoms with van der Waals surface area (Å²) >= 11 is 0. The molecule has 0 saturated carbocycles. The molecule has 0 aliphatic heterocycles. The van der Waals surface area contributed by atoms with E-state index in [1.165, 1.54) is 39.0 Å². The van der Waals surface area contributed by atoms with Crippen LogP contribution in [0.4, 0.5) is 0 Å². The largest absolute Gasteiger partial charge is 0.393 e. The fourth-order valence-corrected chi connectivity index (χ4v) is 6.14. The molecule has 228 valence electrons. The first-order valence-electron chi connectivity index (χ1n) is 15.4. The number of aliphatic hydroxyl groups excluding tert-OH is 2. The van der Waals surface area contributed by atoms with Crippen LogP contribution in [0.5, 0.6) is 0 Å². The minimum atomic E-state index is -0.331. The molecule has 2 rings (SSSR count). The normalized spacial score (nSPS) is 26.6. The fourth-order valence-electron chi connectivity index (χ4n) is 6.14. The van der Waals surface area contributed by atoms with Gasteiger partial charge in [0.1, 0.15) is 0 Å². The summed E-state index contributed by atoms with van der Waals surface area (Å²) in [4.78, 5) is 0. The van der Waals surface area contributed by atoms with Gasteiger partial charge in [-0.2, -0.15) is 0 Å². The Morgan fingerprint density at radius 2 is 1.21 bits per heavy atom. The van der Waals surface area contributed by atoms with Gasteiger partial charge in [0.25, 0.3) is 0 Å². The molecule has 0 aromatic heterocycles. The Hall–Kier alpha value is -2.94. The summed E-state index contributed by atoms with van der Waals surface area (Å²) < 4.78 is 0. The molecule has 0 unspecified atom stereocenters. The molecule has 0 fully saturated rings. The molecule has 0 radical (unpaired) electrons. The van der Waals surface area contributed by atoms with Gasteiger partial charge in [-0.3, -0.25) is 0 Å². The number of hydrogen-bond acceptors (Lipinski definition) is 2. The van der Waals surface area contributed by atoms with E-state index < -0.39 is 0 Å². The first-order chi connectivity index (χ1) is 19.6. The van der Waals surface area contributed by atoms with Crippen molar-refractivity contribution in [3.63, 3.8) is 0 Å². The molecular formula is C40H56O2. The van der Waals surface area contributed by atoms with Crippen molar-refractivity contribution < 1.29 is 10.2 Å². The Morgan fingerprint density at radius 1 is 0.714 bits per heavy atom. The fraction of sp³-hybridized carbons (Fsp3) is 0.450. The van der Waals surface area contributed by atoms with Crippen molar-refractivity contribution in [1.82, 2.24) is 0 Å². The monoisotopic (exact) mass is 568 g/mol. The SMILES string of the molecule is CC(C=CC=C(C)C=CC1=C(C)C[C@@H](O)CC1(C)C)=CC=CC=C(C)C=CC=C(C)C=C[C@@H]1C(C)=C[C@@H](O)CC1(C)C. The van der Waals surface area contributed by atoms with Crippen molar-refractivity contribution in [3.05, 3.63) is 130 Å². The maximum atomic E-state index is 10.1. The van der Waals surface area contributed by atoms with E-state index in [2.05, 4.69) is 154 Å². The standard InChI is InChI=1S/C40H56O2/c1-29(17-13-19-31(3)21-23-37-33(5)25-35(41)27-39(37,7)8)15-11-12-16-30(2)18-14-20-32(4)22-24-38-34(6)26-36(42)28-40(38,9)10/h11-25,35-37,41-42H,26-28H2,1-10H3/t35-,36-,37-/m1/s1. The number of aliphatic hydroxyl groups is 2. The van der Waals surface area contributed by atoms with Crippen LogP contribution in [0.1, 0.15) is 88.5 Å². The Balaban J connectivity index is 1.90. The van der Waals surface area contributed by atoms with Crippen LogP contribution >= 0.6 is 0 Å². The van der Waals surface area contributed by atoms with Gasteiger partial charge in [0, 0.05) is 5.92 Å². The second-order valence-corrected chi connectivity index (χ2v) is 13.7. The average molecular weight is 569 g/mol. The highest BCUT2D eigenvalue weighted by molar-refractivity contribution is 5.38. The Bertz CT molecular complexity index is 1270.